The largest absolute Gasteiger partial charge is 0.600 e. The maximum Gasteiger partial charge on any atom is 0.364 e. The molecule has 1 fully saturated rings. The van der Waals surface area contributed by atoms with E-state index in [1.165, 1.54) is 80.0 Å². The second kappa shape index (κ2) is 18.5. The Morgan fingerprint density at radius 2 is 1.67 bits per heavy atom. The maximum absolute atomic E-state index is 14.5. The maximum atomic E-state index is 14.5. The average molecular weight is 1000 g/mol. The molecule has 72 heavy (non-hydrogen) atoms. The molecule has 0 saturated carbocycles. The fourth-order valence-electron chi connectivity index (χ4n) is 9.34. The first-order chi connectivity index (χ1) is 33.8. The van der Waals surface area contributed by atoms with Crippen LogP contribution in [-0.4, -0.2) is 128 Å². The summed E-state index contributed by atoms with van der Waals surface area (Å²) in [5.41, 5.74) is -9.73. The Kier molecular flexibility index (Phi) is 13.0. The molecular weight excluding hydrogens is 953 g/mol. The van der Waals surface area contributed by atoms with Crippen LogP contribution in [0.3, 0.4) is 0 Å². The number of phenolic OH excluding ortho intramolecular Hbond substituents is 1. The van der Waals surface area contributed by atoms with Crippen molar-refractivity contribution in [2.24, 2.45) is 5.92 Å². The molecule has 5 heterocycles. The molecule has 9 atom stereocenters. The van der Waals surface area contributed by atoms with Gasteiger partial charge in [0.25, 0.3) is 5.91 Å². The number of aliphatic hydroxyl groups excluding tert-OH is 1. The van der Waals surface area contributed by atoms with E-state index in [1.54, 1.807) is 0 Å². The summed E-state index contributed by atoms with van der Waals surface area (Å²) < 4.78 is 39.5. The number of aryl methyl sites for hydroxylation is 1. The predicted molar refractivity (Wildman–Crippen MR) is 243 cm³/mol. The minimum Gasteiger partial charge on any atom is -0.600 e. The van der Waals surface area contributed by atoms with Crippen LogP contribution in [0.5, 0.6) is 28.7 Å². The molecule has 1 aliphatic carbocycles. The quantitative estimate of drug-likeness (QED) is 0.0673. The molecule has 4 aliphatic rings. The van der Waals surface area contributed by atoms with Crippen LogP contribution in [-0.2, 0) is 23.7 Å². The van der Waals surface area contributed by atoms with E-state index in [0.29, 0.717) is 0 Å². The number of quaternary nitrogens is 1. The monoisotopic (exact) mass is 1000 g/mol. The number of nitrogens with zero attached hydrogens (tertiary/aromatic N) is 1. The van der Waals surface area contributed by atoms with Gasteiger partial charge in [-0.3, -0.25) is 24.0 Å². The molecule has 3 bridgehead atoms. The molecule has 8 N–H and O–H groups in total. The highest BCUT2D eigenvalue weighted by atomic mass is 16.8. The lowest BCUT2D eigenvalue weighted by Crippen LogP contribution is -3.16. The Morgan fingerprint density at radius 3 is 2.33 bits per heavy atom. The lowest BCUT2D eigenvalue weighted by atomic mass is 9.82. The molecule has 2 aromatic heterocycles. The minimum absolute atomic E-state index is 0.0393. The van der Waals surface area contributed by atoms with Crippen LogP contribution in [0.2, 0.25) is 0 Å². The predicted octanol–water partition coefficient (Wildman–Crippen LogP) is 1.84. The Balaban J connectivity index is 1.22. The van der Waals surface area contributed by atoms with Gasteiger partial charge in [-0.25, -0.2) is 25.0 Å². The number of anilines is 1. The average Bonchev–Trinajstić information content (AvgIpc) is 3.33. The first-order valence-electron chi connectivity index (χ1n) is 22.1. The van der Waals surface area contributed by atoms with Crippen molar-refractivity contribution in [1.82, 2.24) is 10.3 Å². The molecule has 24 heteroatoms. The second-order valence-corrected chi connectivity index (χ2v) is 18.2. The van der Waals surface area contributed by atoms with E-state index in [9.17, 15) is 64.4 Å². The van der Waals surface area contributed by atoms with Crippen LogP contribution in [0, 0.1) is 18.0 Å². The number of allylic oxidation sites excluding steroid dienone is 3. The number of aliphatic hydroxyl groups is 1. The Hall–Kier alpha value is -7.74. The van der Waals surface area contributed by atoms with Crippen molar-refractivity contribution in [2.75, 3.05) is 26.1 Å². The van der Waals surface area contributed by atoms with Gasteiger partial charge in [0.2, 0.25) is 23.6 Å². The van der Waals surface area contributed by atoms with Crippen LogP contribution >= 0.6 is 0 Å². The number of carbonyl (C=O) groups is 6. The number of carbonyl (C=O) groups excluding carboxylic acids is 6. The zero-order valence-corrected chi connectivity index (χ0v) is 39.6. The zero-order chi connectivity index (χ0) is 52.6. The molecule has 3 aliphatic heterocycles. The number of ether oxygens (including phenoxy) is 6. The molecule has 2 aromatic carbocycles. The lowest BCUT2D eigenvalue weighted by molar-refractivity contribution is -1.09. The molecule has 0 spiro atoms. The Bertz CT molecular complexity index is 3160. The number of phenols is 1. The topological polar surface area (TPSA) is 354 Å². The third kappa shape index (κ3) is 8.35. The van der Waals surface area contributed by atoms with Crippen molar-refractivity contribution in [3.05, 3.63) is 103 Å². The highest BCUT2D eigenvalue weighted by Gasteiger charge is 2.54. The molecule has 0 radical (unpaired) electrons. The van der Waals surface area contributed by atoms with Crippen molar-refractivity contribution in [1.29, 1.82) is 0 Å². The minimum atomic E-state index is -2.39. The Labute approximate surface area is 406 Å². The van der Waals surface area contributed by atoms with Crippen LogP contribution in [0.4, 0.5) is 5.69 Å². The first-order valence-corrected chi connectivity index (χ1v) is 22.1. The fourth-order valence-corrected chi connectivity index (χ4v) is 9.34. The normalized spacial score (nSPS) is 26.6. The third-order valence-corrected chi connectivity index (χ3v) is 13.2. The number of hydroxylamine groups is 2. The summed E-state index contributed by atoms with van der Waals surface area (Å²) in [6.07, 6.45) is -7.18. The number of Topliss-reactive ketones (excluding diaryl/α,β-unsaturated/α-hetero) is 4. The van der Waals surface area contributed by atoms with E-state index < -0.39 is 164 Å². The summed E-state index contributed by atoms with van der Waals surface area (Å²) >= 11 is 0. The first kappa shape index (κ1) is 50.6. The van der Waals surface area contributed by atoms with Crippen LogP contribution in [0.15, 0.2) is 62.6 Å². The van der Waals surface area contributed by atoms with Gasteiger partial charge in [0.15, 0.2) is 57.4 Å². The van der Waals surface area contributed by atoms with Crippen LogP contribution < -0.4 is 31.0 Å². The third-order valence-electron chi connectivity index (χ3n) is 13.2. The van der Waals surface area contributed by atoms with Gasteiger partial charge >= 0.3 is 11.6 Å². The summed E-state index contributed by atoms with van der Waals surface area (Å²) in [5.74, 6) is -12.0. The number of ketones is 4. The summed E-state index contributed by atoms with van der Waals surface area (Å²) in [6.45, 7) is 7.51. The number of esters is 1. The second-order valence-electron chi connectivity index (χ2n) is 18.2. The number of aromatic hydroxyl groups is 3. The van der Waals surface area contributed by atoms with Gasteiger partial charge in [0, 0.05) is 30.7 Å². The molecule has 9 unspecified atom stereocenters. The number of pyridine rings is 1. The van der Waals surface area contributed by atoms with Gasteiger partial charge in [0.1, 0.15) is 40.7 Å². The molecule has 24 nitrogen and oxygen atoms in total. The highest BCUT2D eigenvalue weighted by molar-refractivity contribution is 6.31. The van der Waals surface area contributed by atoms with E-state index in [2.05, 4.69) is 15.6 Å². The van der Waals surface area contributed by atoms with E-state index in [4.69, 9.17) is 32.8 Å². The van der Waals surface area contributed by atoms with E-state index >= 15 is 0 Å². The number of hydrogen-bond donors (Lipinski definition) is 8. The fraction of sp³-hybridized carbons (Fsp3) is 0.375. The van der Waals surface area contributed by atoms with Crippen molar-refractivity contribution in [2.45, 2.75) is 89.8 Å². The van der Waals surface area contributed by atoms with Gasteiger partial charge in [-0.2, -0.15) is 0 Å². The van der Waals surface area contributed by atoms with Gasteiger partial charge < -0.3 is 69.1 Å². The van der Waals surface area contributed by atoms with Crippen molar-refractivity contribution >= 4 is 51.7 Å². The highest BCUT2D eigenvalue weighted by Crippen LogP contribution is 2.42. The van der Waals surface area contributed by atoms with E-state index in [0.717, 1.165) is 12.1 Å². The number of hydrogen-bond acceptors (Lipinski definition) is 22. The molecular formula is C48H48N4O20. The number of nitrogens with one attached hydrogen (secondary N) is 3. The van der Waals surface area contributed by atoms with Gasteiger partial charge in [-0.05, 0) is 64.0 Å². The number of aromatic nitrogens is 1. The van der Waals surface area contributed by atoms with E-state index in [1.807, 2.05) is 0 Å². The van der Waals surface area contributed by atoms with Crippen molar-refractivity contribution < 1.29 is 92.5 Å². The molecule has 380 valence electrons. The van der Waals surface area contributed by atoms with Crippen molar-refractivity contribution in [3.8, 4) is 28.7 Å². The molecule has 1 saturated heterocycles. The number of amides is 1. The van der Waals surface area contributed by atoms with Crippen LogP contribution in [0.1, 0.15) is 98.7 Å². The van der Waals surface area contributed by atoms with Gasteiger partial charge in [-0.1, -0.05) is 13.0 Å². The SMILES string of the molecule is COc1ccc2c(O)c(NC(=O)c3cc(OC4CC(C)([NH+]([O-])O)C(OC)C(C)O4)c(O)c(C(=O)OC4C(C)C=C(C)C(=O)c5c(O)c(C)cc6c5C(=O)C5=C(NCC(C)(O5)C(=O)C4O)C6=O)n3)c(=O)oc2c1. The number of methoxy groups -OCH3 is 2. The number of rotatable bonds is 9. The molecule has 8 rings (SSSR count). The summed E-state index contributed by atoms with van der Waals surface area (Å²) in [5, 5.41) is 72.4. The number of benzene rings is 2. The standard InChI is InChI=1S/C48H48N4O20/c1-17-11-19(3)40(39(59)42(60)48(6)16-49-30-36(56)23-12-18(2)34(54)29(33(17)53)28(23)38(58)41(30)72-48)71-46(63)32-37(57)26(69-27-15-47(5,52(64)65)43(67-8)20(4)68-27)14-24(50-32)44(61)51-31-35(55)22-10-9-21(66-7)13-25(22)70-45(31)62/h9-14,19-20,27,39-40,43,49,52,54-55,57,59,64H,15-16H2,1-8H3,(H,51,61). The summed E-state index contributed by atoms with van der Waals surface area (Å²) in [6, 6.07) is 6.10. The Morgan fingerprint density at radius 1 is 0.958 bits per heavy atom. The van der Waals surface area contributed by atoms with E-state index in [-0.39, 0.29) is 39.1 Å². The smallest absolute Gasteiger partial charge is 0.364 e. The van der Waals surface area contributed by atoms with Crippen LogP contribution in [0.25, 0.3) is 11.0 Å². The summed E-state index contributed by atoms with van der Waals surface area (Å²) in [4.78, 5) is 102. The summed E-state index contributed by atoms with van der Waals surface area (Å²) in [7, 11) is 2.64. The molecule has 4 aromatic rings. The van der Waals surface area contributed by atoms with Gasteiger partial charge in [-0.15, -0.1) is 0 Å². The zero-order valence-electron chi connectivity index (χ0n) is 39.6. The molecule has 1 amide bonds. The van der Waals surface area contributed by atoms with Gasteiger partial charge in [0.05, 0.1) is 42.7 Å². The lowest BCUT2D eigenvalue weighted by Gasteiger charge is -2.47. The number of fused-ring (bicyclic) bond motifs is 2. The van der Waals surface area contributed by atoms with Crippen molar-refractivity contribution in [3.63, 3.8) is 0 Å².